The lowest BCUT2D eigenvalue weighted by Gasteiger charge is -2.30. The molecule has 0 heterocycles. The number of rotatable bonds is 7. The predicted octanol–water partition coefficient (Wildman–Crippen LogP) is 3.82. The van der Waals surface area contributed by atoms with Crippen LogP contribution in [0.15, 0.2) is 0 Å². The van der Waals surface area contributed by atoms with Crippen molar-refractivity contribution in [1.29, 1.82) is 0 Å². The van der Waals surface area contributed by atoms with Crippen LogP contribution in [0.5, 0.6) is 0 Å². The summed E-state index contributed by atoms with van der Waals surface area (Å²) >= 11 is 0. The molecule has 86 valence electrons. The van der Waals surface area contributed by atoms with Crippen molar-refractivity contribution < 1.29 is 0 Å². The van der Waals surface area contributed by atoms with Gasteiger partial charge in [0, 0.05) is 6.04 Å². The first-order chi connectivity index (χ1) is 6.54. The average Bonchev–Trinajstić information content (AvgIpc) is 2.16. The van der Waals surface area contributed by atoms with Crippen LogP contribution >= 0.6 is 0 Å². The van der Waals surface area contributed by atoms with E-state index < -0.39 is 0 Å². The molecule has 4 atom stereocenters. The van der Waals surface area contributed by atoms with E-state index in [9.17, 15) is 0 Å². The summed E-state index contributed by atoms with van der Waals surface area (Å²) < 4.78 is 0. The van der Waals surface area contributed by atoms with Crippen molar-refractivity contribution in [2.45, 2.75) is 66.3 Å². The van der Waals surface area contributed by atoms with Crippen LogP contribution < -0.4 is 5.73 Å². The van der Waals surface area contributed by atoms with Crippen LogP contribution in [-0.4, -0.2) is 6.04 Å². The third kappa shape index (κ3) is 4.45. The minimum absolute atomic E-state index is 0.398. The highest BCUT2D eigenvalue weighted by atomic mass is 14.6. The third-order valence-electron chi connectivity index (χ3n) is 3.77. The largest absolute Gasteiger partial charge is 0.327 e. The van der Waals surface area contributed by atoms with Gasteiger partial charge in [0.1, 0.15) is 0 Å². The van der Waals surface area contributed by atoms with Gasteiger partial charge in [-0.05, 0) is 24.2 Å². The van der Waals surface area contributed by atoms with Crippen molar-refractivity contribution in [2.24, 2.45) is 23.5 Å². The summed E-state index contributed by atoms with van der Waals surface area (Å²) in [4.78, 5) is 0. The molecule has 0 rings (SSSR count). The van der Waals surface area contributed by atoms with E-state index in [2.05, 4.69) is 34.6 Å². The van der Waals surface area contributed by atoms with Crippen molar-refractivity contribution in [3.63, 3.8) is 0 Å². The molecular weight excluding hydrogens is 170 g/mol. The normalized spacial score (nSPS) is 20.1. The molecule has 0 radical (unpaired) electrons. The van der Waals surface area contributed by atoms with Crippen LogP contribution in [0.3, 0.4) is 0 Å². The molecule has 14 heavy (non-hydrogen) atoms. The van der Waals surface area contributed by atoms with Gasteiger partial charge < -0.3 is 5.73 Å². The summed E-state index contributed by atoms with van der Waals surface area (Å²) in [5, 5.41) is 0. The minimum Gasteiger partial charge on any atom is -0.327 e. The van der Waals surface area contributed by atoms with Gasteiger partial charge in [-0.15, -0.1) is 0 Å². The highest BCUT2D eigenvalue weighted by Crippen LogP contribution is 2.27. The van der Waals surface area contributed by atoms with E-state index in [1.54, 1.807) is 0 Å². The molecule has 0 aromatic rings. The second-order valence-corrected chi connectivity index (χ2v) is 4.94. The molecule has 2 N–H and O–H groups in total. The van der Waals surface area contributed by atoms with Gasteiger partial charge in [0.15, 0.2) is 0 Å². The van der Waals surface area contributed by atoms with Crippen LogP contribution in [0.1, 0.15) is 60.3 Å². The third-order valence-corrected chi connectivity index (χ3v) is 3.77. The average molecular weight is 199 g/mol. The number of nitrogens with two attached hydrogens (primary N) is 1. The lowest BCUT2D eigenvalue weighted by molar-refractivity contribution is 0.226. The summed E-state index contributed by atoms with van der Waals surface area (Å²) in [7, 11) is 0. The summed E-state index contributed by atoms with van der Waals surface area (Å²) in [5.74, 6) is 2.24. The van der Waals surface area contributed by atoms with E-state index in [0.717, 1.165) is 11.8 Å². The van der Waals surface area contributed by atoms with E-state index in [1.807, 2.05) is 0 Å². The van der Waals surface area contributed by atoms with Gasteiger partial charge in [0.2, 0.25) is 0 Å². The van der Waals surface area contributed by atoms with Crippen molar-refractivity contribution in [3.05, 3.63) is 0 Å². The van der Waals surface area contributed by atoms with Crippen LogP contribution in [-0.2, 0) is 0 Å². The molecule has 0 saturated heterocycles. The van der Waals surface area contributed by atoms with Gasteiger partial charge in [0.05, 0.1) is 0 Å². The van der Waals surface area contributed by atoms with Gasteiger partial charge in [-0.2, -0.15) is 0 Å². The topological polar surface area (TPSA) is 26.0 Å². The summed E-state index contributed by atoms with van der Waals surface area (Å²) in [6.07, 6.45) is 5.01. The molecule has 0 fully saturated rings. The fraction of sp³-hybridized carbons (Fsp3) is 1.00. The second-order valence-electron chi connectivity index (χ2n) is 4.94. The predicted molar refractivity (Wildman–Crippen MR) is 65.3 cm³/mol. The standard InChI is InChI=1S/C13H29N/c1-6-8-10(3)11(4)12(5)13(14)9-7-2/h10-13H,6-9,14H2,1-5H3/t10-,11?,12?,13?/m0/s1. The van der Waals surface area contributed by atoms with Gasteiger partial charge in [-0.25, -0.2) is 0 Å². The van der Waals surface area contributed by atoms with Crippen molar-refractivity contribution in [2.75, 3.05) is 0 Å². The molecule has 0 aromatic heterocycles. The van der Waals surface area contributed by atoms with Crippen LogP contribution in [0.4, 0.5) is 0 Å². The molecule has 0 saturated carbocycles. The van der Waals surface area contributed by atoms with Crippen LogP contribution in [0.2, 0.25) is 0 Å². The Morgan fingerprint density at radius 3 is 1.79 bits per heavy atom. The molecule has 0 aliphatic heterocycles. The van der Waals surface area contributed by atoms with E-state index in [-0.39, 0.29) is 0 Å². The molecule has 0 amide bonds. The number of hydrogen-bond acceptors (Lipinski definition) is 1. The fourth-order valence-electron chi connectivity index (χ4n) is 2.22. The quantitative estimate of drug-likeness (QED) is 0.662. The number of hydrogen-bond donors (Lipinski definition) is 1. The van der Waals surface area contributed by atoms with Crippen molar-refractivity contribution in [1.82, 2.24) is 0 Å². The Kier molecular flexibility index (Phi) is 7.26. The van der Waals surface area contributed by atoms with Gasteiger partial charge >= 0.3 is 0 Å². The molecule has 0 aliphatic carbocycles. The lowest BCUT2D eigenvalue weighted by atomic mass is 9.78. The van der Waals surface area contributed by atoms with Gasteiger partial charge in [-0.3, -0.25) is 0 Å². The minimum atomic E-state index is 0.398. The molecule has 1 nitrogen and oxygen atoms in total. The maximum Gasteiger partial charge on any atom is 0.00670 e. The van der Waals surface area contributed by atoms with E-state index >= 15 is 0 Å². The maximum atomic E-state index is 6.16. The van der Waals surface area contributed by atoms with E-state index in [4.69, 9.17) is 5.73 Å². The summed E-state index contributed by atoms with van der Waals surface area (Å²) in [6, 6.07) is 0.398. The zero-order valence-corrected chi connectivity index (χ0v) is 10.7. The molecule has 0 bridgehead atoms. The Morgan fingerprint density at radius 2 is 1.36 bits per heavy atom. The highest BCUT2D eigenvalue weighted by molar-refractivity contribution is 4.76. The summed E-state index contributed by atoms with van der Waals surface area (Å²) in [6.45, 7) is 11.5. The first-order valence-electron chi connectivity index (χ1n) is 6.30. The Balaban J connectivity index is 4.01. The zero-order chi connectivity index (χ0) is 11.1. The molecule has 0 aliphatic rings. The van der Waals surface area contributed by atoms with Crippen molar-refractivity contribution in [3.8, 4) is 0 Å². The van der Waals surface area contributed by atoms with E-state index in [1.165, 1.54) is 25.7 Å². The smallest absolute Gasteiger partial charge is 0.00670 e. The molecular formula is C13H29N. The molecule has 0 aromatic carbocycles. The Hall–Kier alpha value is -0.0400. The van der Waals surface area contributed by atoms with Crippen LogP contribution in [0, 0.1) is 17.8 Å². The maximum absolute atomic E-state index is 6.16. The van der Waals surface area contributed by atoms with Gasteiger partial charge in [-0.1, -0.05) is 53.9 Å². The highest BCUT2D eigenvalue weighted by Gasteiger charge is 2.22. The van der Waals surface area contributed by atoms with Crippen LogP contribution in [0.25, 0.3) is 0 Å². The molecule has 0 spiro atoms. The fourth-order valence-corrected chi connectivity index (χ4v) is 2.22. The Labute approximate surface area is 90.5 Å². The Bertz CT molecular complexity index is 117. The van der Waals surface area contributed by atoms with E-state index in [0.29, 0.717) is 12.0 Å². The van der Waals surface area contributed by atoms with Gasteiger partial charge in [0.25, 0.3) is 0 Å². The zero-order valence-electron chi connectivity index (χ0n) is 10.7. The summed E-state index contributed by atoms with van der Waals surface area (Å²) in [5.41, 5.74) is 6.16. The lowest BCUT2D eigenvalue weighted by Crippen LogP contribution is -2.34. The SMILES string of the molecule is CCCC(N)C(C)C(C)[C@@H](C)CCC. The molecule has 3 unspecified atom stereocenters. The van der Waals surface area contributed by atoms with Crippen molar-refractivity contribution >= 4 is 0 Å². The monoisotopic (exact) mass is 199 g/mol. The Morgan fingerprint density at radius 1 is 0.857 bits per heavy atom. The first kappa shape index (κ1) is 14.0. The second kappa shape index (κ2) is 7.28. The first-order valence-corrected chi connectivity index (χ1v) is 6.30. The molecule has 1 heteroatoms.